The van der Waals surface area contributed by atoms with E-state index in [2.05, 4.69) is 33.9 Å². The summed E-state index contributed by atoms with van der Waals surface area (Å²) in [6.07, 6.45) is 2.39. The van der Waals surface area contributed by atoms with E-state index in [4.69, 9.17) is 0 Å². The van der Waals surface area contributed by atoms with E-state index < -0.39 is 0 Å². The molecule has 3 rings (SSSR count). The Morgan fingerprint density at radius 1 is 1.33 bits per heavy atom. The Balaban J connectivity index is 1.65. The molecular weight excluding hydrogens is 320 g/mol. The first-order valence-electron chi connectivity index (χ1n) is 8.41. The van der Waals surface area contributed by atoms with E-state index in [1.54, 1.807) is 0 Å². The number of benzene rings is 1. The molecule has 1 saturated carbocycles. The summed E-state index contributed by atoms with van der Waals surface area (Å²) < 4.78 is 2.17. The number of amides is 1. The van der Waals surface area contributed by atoms with Crippen molar-refractivity contribution in [2.45, 2.75) is 57.7 Å². The second kappa shape index (κ2) is 6.97. The van der Waals surface area contributed by atoms with E-state index >= 15 is 0 Å². The zero-order valence-electron chi connectivity index (χ0n) is 14.7. The van der Waals surface area contributed by atoms with E-state index in [1.807, 2.05) is 32.0 Å². The Bertz CT molecular complexity index is 749. The van der Waals surface area contributed by atoms with Gasteiger partial charge in [0.1, 0.15) is 5.82 Å². The van der Waals surface area contributed by atoms with Crippen LogP contribution in [-0.4, -0.2) is 26.4 Å². The Hall–Kier alpha value is -1.82. The minimum atomic E-state index is -0.0139. The number of hydrogen-bond donors (Lipinski definition) is 1. The summed E-state index contributed by atoms with van der Waals surface area (Å²) in [6, 6.07) is 6.25. The van der Waals surface area contributed by atoms with Crippen molar-refractivity contribution in [3.8, 4) is 0 Å². The lowest BCUT2D eigenvalue weighted by molar-refractivity contribution is -0.113. The van der Waals surface area contributed by atoms with Crippen molar-refractivity contribution in [2.24, 2.45) is 0 Å². The first-order chi connectivity index (χ1) is 11.5. The molecule has 0 atom stereocenters. The molecule has 0 unspecified atom stereocenters. The Kier molecular flexibility index (Phi) is 4.94. The highest BCUT2D eigenvalue weighted by molar-refractivity contribution is 7.99. The predicted octanol–water partition coefficient (Wildman–Crippen LogP) is 4.08. The van der Waals surface area contributed by atoms with Crippen LogP contribution >= 0.6 is 11.8 Å². The number of rotatable bonds is 6. The van der Waals surface area contributed by atoms with E-state index in [9.17, 15) is 4.79 Å². The van der Waals surface area contributed by atoms with Gasteiger partial charge in [0, 0.05) is 17.6 Å². The van der Waals surface area contributed by atoms with E-state index in [0.717, 1.165) is 22.2 Å². The first kappa shape index (κ1) is 17.0. The molecule has 128 valence electrons. The van der Waals surface area contributed by atoms with Crippen LogP contribution in [0.3, 0.4) is 0 Å². The summed E-state index contributed by atoms with van der Waals surface area (Å²) in [4.78, 5) is 12.3. The maximum Gasteiger partial charge on any atom is 0.234 e. The normalized spacial score (nSPS) is 14.2. The predicted molar refractivity (Wildman–Crippen MR) is 97.7 cm³/mol. The largest absolute Gasteiger partial charge is 0.325 e. The number of hydrogen-bond acceptors (Lipinski definition) is 4. The number of nitrogens with one attached hydrogen (secondary N) is 1. The minimum Gasteiger partial charge on any atom is -0.325 e. The van der Waals surface area contributed by atoms with E-state index in [0.29, 0.717) is 17.7 Å². The maximum atomic E-state index is 12.3. The fourth-order valence-corrected chi connectivity index (χ4v) is 3.57. The highest BCUT2D eigenvalue weighted by atomic mass is 32.2. The van der Waals surface area contributed by atoms with Gasteiger partial charge in [0.25, 0.3) is 0 Å². The number of thioether (sulfide) groups is 1. The van der Waals surface area contributed by atoms with Crippen LogP contribution in [0.1, 0.15) is 55.6 Å². The van der Waals surface area contributed by atoms with Crippen LogP contribution in [0.5, 0.6) is 0 Å². The van der Waals surface area contributed by atoms with Gasteiger partial charge in [-0.25, -0.2) is 0 Å². The molecule has 6 heteroatoms. The molecule has 1 fully saturated rings. The Labute approximate surface area is 147 Å². The first-order valence-corrected chi connectivity index (χ1v) is 9.39. The maximum absolute atomic E-state index is 12.3. The highest BCUT2D eigenvalue weighted by Gasteiger charge is 2.31. The summed E-state index contributed by atoms with van der Waals surface area (Å²) >= 11 is 1.46. The molecule has 1 aromatic carbocycles. The zero-order valence-corrected chi connectivity index (χ0v) is 15.5. The molecule has 0 aliphatic heterocycles. The van der Waals surface area contributed by atoms with Gasteiger partial charge in [0.2, 0.25) is 5.91 Å². The molecule has 1 aliphatic rings. The van der Waals surface area contributed by atoms with Crippen molar-refractivity contribution in [1.82, 2.24) is 14.8 Å². The van der Waals surface area contributed by atoms with E-state index in [-0.39, 0.29) is 5.91 Å². The minimum absolute atomic E-state index is 0.0139. The van der Waals surface area contributed by atoms with Gasteiger partial charge >= 0.3 is 0 Å². The number of carbonyl (C=O) groups is 1. The molecule has 1 N–H and O–H groups in total. The number of carbonyl (C=O) groups excluding carboxylic acids is 1. The van der Waals surface area contributed by atoms with Gasteiger partial charge < -0.3 is 9.88 Å². The van der Waals surface area contributed by atoms with Crippen LogP contribution in [0.15, 0.2) is 23.4 Å². The second-order valence-corrected chi connectivity index (χ2v) is 7.61. The van der Waals surface area contributed by atoms with Crippen LogP contribution in [0.2, 0.25) is 0 Å². The Morgan fingerprint density at radius 3 is 2.75 bits per heavy atom. The monoisotopic (exact) mass is 344 g/mol. The molecule has 1 amide bonds. The van der Waals surface area contributed by atoms with Crippen molar-refractivity contribution in [2.75, 3.05) is 11.1 Å². The molecule has 0 spiro atoms. The Morgan fingerprint density at radius 2 is 2.08 bits per heavy atom. The van der Waals surface area contributed by atoms with Crippen LogP contribution in [0, 0.1) is 13.8 Å². The molecule has 2 aromatic rings. The fraction of sp³-hybridized carbons (Fsp3) is 0.500. The van der Waals surface area contributed by atoms with Crippen LogP contribution in [0.4, 0.5) is 5.69 Å². The molecule has 0 bridgehead atoms. The topological polar surface area (TPSA) is 59.8 Å². The number of aryl methyl sites for hydroxylation is 1. The van der Waals surface area contributed by atoms with Gasteiger partial charge in [-0.05, 0) is 57.7 Å². The molecule has 5 nitrogen and oxygen atoms in total. The van der Waals surface area contributed by atoms with Crippen molar-refractivity contribution in [1.29, 1.82) is 0 Å². The van der Waals surface area contributed by atoms with Crippen molar-refractivity contribution >= 4 is 23.4 Å². The quantitative estimate of drug-likeness (QED) is 0.802. The summed E-state index contributed by atoms with van der Waals surface area (Å²) in [5, 5.41) is 12.5. The molecule has 1 aromatic heterocycles. The van der Waals surface area contributed by atoms with Gasteiger partial charge in [-0.3, -0.25) is 4.79 Å². The molecule has 1 aliphatic carbocycles. The summed E-state index contributed by atoms with van der Waals surface area (Å²) in [7, 11) is 0. The molecule has 24 heavy (non-hydrogen) atoms. The zero-order chi connectivity index (χ0) is 17.3. The summed E-state index contributed by atoms with van der Waals surface area (Å²) in [6.45, 7) is 8.34. The number of anilines is 1. The van der Waals surface area contributed by atoms with Crippen LogP contribution in [0.25, 0.3) is 0 Å². The number of aromatic nitrogens is 3. The highest BCUT2D eigenvalue weighted by Crippen LogP contribution is 2.41. The lowest BCUT2D eigenvalue weighted by Gasteiger charge is -2.13. The molecule has 0 radical (unpaired) electrons. The third-order valence-electron chi connectivity index (χ3n) is 4.36. The second-order valence-electron chi connectivity index (χ2n) is 6.66. The van der Waals surface area contributed by atoms with Gasteiger partial charge in [0.15, 0.2) is 5.16 Å². The standard InChI is InChI=1S/C18H24N4OS/c1-11(2)22-17(14-8-9-14)20-21-18(22)24-10-16(23)19-15-7-5-6-12(3)13(15)4/h5-7,11,14H,8-10H2,1-4H3,(H,19,23). The summed E-state index contributed by atoms with van der Waals surface area (Å²) in [5.41, 5.74) is 3.16. The summed E-state index contributed by atoms with van der Waals surface area (Å²) in [5.74, 6) is 1.95. The number of nitrogens with zero attached hydrogens (tertiary/aromatic N) is 3. The van der Waals surface area contributed by atoms with Gasteiger partial charge in [-0.1, -0.05) is 23.9 Å². The molecule has 0 saturated heterocycles. The lowest BCUT2D eigenvalue weighted by atomic mass is 10.1. The molecular formula is C18H24N4OS. The molecule has 1 heterocycles. The average molecular weight is 344 g/mol. The van der Waals surface area contributed by atoms with Crippen molar-refractivity contribution in [3.05, 3.63) is 35.2 Å². The lowest BCUT2D eigenvalue weighted by Crippen LogP contribution is -2.16. The fourth-order valence-electron chi connectivity index (χ4n) is 2.69. The third kappa shape index (κ3) is 3.64. The smallest absolute Gasteiger partial charge is 0.234 e. The van der Waals surface area contributed by atoms with Crippen molar-refractivity contribution in [3.63, 3.8) is 0 Å². The third-order valence-corrected chi connectivity index (χ3v) is 5.30. The van der Waals surface area contributed by atoms with Gasteiger partial charge in [-0.2, -0.15) is 0 Å². The van der Waals surface area contributed by atoms with Crippen LogP contribution in [-0.2, 0) is 4.79 Å². The van der Waals surface area contributed by atoms with E-state index in [1.165, 1.54) is 30.2 Å². The SMILES string of the molecule is Cc1cccc(NC(=O)CSc2nnc(C3CC3)n2C(C)C)c1C. The van der Waals surface area contributed by atoms with Crippen molar-refractivity contribution < 1.29 is 4.79 Å². The average Bonchev–Trinajstić information content (AvgIpc) is 3.29. The van der Waals surface area contributed by atoms with Gasteiger partial charge in [0.05, 0.1) is 5.75 Å². The van der Waals surface area contributed by atoms with Crippen LogP contribution < -0.4 is 5.32 Å². The van der Waals surface area contributed by atoms with Gasteiger partial charge in [-0.15, -0.1) is 10.2 Å².